The summed E-state index contributed by atoms with van der Waals surface area (Å²) in [5.41, 5.74) is 0.386. The number of hydrogen-bond donors (Lipinski definition) is 2. The molecule has 5 heteroatoms. The zero-order valence-corrected chi connectivity index (χ0v) is 12.8. The van der Waals surface area contributed by atoms with Gasteiger partial charge >= 0.3 is 6.03 Å². The Morgan fingerprint density at radius 2 is 2.26 bits per heavy atom. The third-order valence-corrected chi connectivity index (χ3v) is 5.29. The number of urea groups is 1. The van der Waals surface area contributed by atoms with Crippen LogP contribution in [0, 0.1) is 5.41 Å². The molecule has 1 atom stereocenters. The highest BCUT2D eigenvalue weighted by Gasteiger charge is 2.40. The summed E-state index contributed by atoms with van der Waals surface area (Å²) in [7, 11) is 0. The predicted octanol–water partition coefficient (Wildman–Crippen LogP) is 3.26. The van der Waals surface area contributed by atoms with Crippen LogP contribution in [0.25, 0.3) is 0 Å². The zero-order valence-electron chi connectivity index (χ0n) is 12.0. The smallest absolute Gasteiger partial charge is 0.315 e. The highest BCUT2D eigenvalue weighted by atomic mass is 32.1. The van der Waals surface area contributed by atoms with Crippen LogP contribution in [0.5, 0.6) is 0 Å². The largest absolute Gasteiger partial charge is 0.338 e. The second-order valence-corrected chi connectivity index (χ2v) is 6.57. The molecular formula is C14H23N3OS. The molecule has 0 aromatic carbocycles. The third-order valence-electron chi connectivity index (χ3n) is 3.97. The maximum absolute atomic E-state index is 11.8. The van der Waals surface area contributed by atoms with Gasteiger partial charge in [0.05, 0.1) is 6.04 Å². The first-order valence-corrected chi connectivity index (χ1v) is 7.89. The molecule has 19 heavy (non-hydrogen) atoms. The monoisotopic (exact) mass is 281 g/mol. The molecule has 4 nitrogen and oxygen atoms in total. The van der Waals surface area contributed by atoms with Gasteiger partial charge in [-0.15, -0.1) is 11.3 Å². The standard InChI is InChI=1S/C14H23N3OS/c1-4-11-8-15-12(19-11)10(3)17-13(18)16-9-14(5-2)6-7-14/h8,10H,4-7,9H2,1-3H3,(H2,16,17,18)/t10-/m1/s1. The van der Waals surface area contributed by atoms with E-state index in [4.69, 9.17) is 0 Å². The van der Waals surface area contributed by atoms with Crippen LogP contribution in [0.15, 0.2) is 6.20 Å². The normalized spacial score (nSPS) is 17.8. The van der Waals surface area contributed by atoms with Crippen LogP contribution in [0.1, 0.15) is 56.0 Å². The van der Waals surface area contributed by atoms with E-state index in [2.05, 4.69) is 29.5 Å². The number of hydrogen-bond acceptors (Lipinski definition) is 3. The lowest BCUT2D eigenvalue weighted by atomic mass is 10.0. The number of thiazole rings is 1. The minimum Gasteiger partial charge on any atom is -0.338 e. The minimum atomic E-state index is -0.0829. The fraction of sp³-hybridized carbons (Fsp3) is 0.714. The molecular weight excluding hydrogens is 258 g/mol. The minimum absolute atomic E-state index is 0.0259. The van der Waals surface area contributed by atoms with Gasteiger partial charge < -0.3 is 10.6 Å². The van der Waals surface area contributed by atoms with Gasteiger partial charge in [-0.3, -0.25) is 0 Å². The van der Waals surface area contributed by atoms with Crippen LogP contribution in [0.4, 0.5) is 4.79 Å². The number of carbonyl (C=O) groups excluding carboxylic acids is 1. The Hall–Kier alpha value is -1.10. The van der Waals surface area contributed by atoms with Crippen molar-refractivity contribution in [2.24, 2.45) is 5.41 Å². The van der Waals surface area contributed by atoms with E-state index in [-0.39, 0.29) is 12.1 Å². The number of aromatic nitrogens is 1. The molecule has 0 spiro atoms. The van der Waals surface area contributed by atoms with E-state index in [0.717, 1.165) is 24.4 Å². The molecule has 2 rings (SSSR count). The second-order valence-electron chi connectivity index (χ2n) is 5.42. The number of aryl methyl sites for hydroxylation is 1. The van der Waals surface area contributed by atoms with Crippen LogP contribution >= 0.6 is 11.3 Å². The van der Waals surface area contributed by atoms with Gasteiger partial charge in [0, 0.05) is 17.6 Å². The summed E-state index contributed by atoms with van der Waals surface area (Å²) >= 11 is 1.67. The Labute approximate surface area is 119 Å². The first-order chi connectivity index (χ1) is 9.08. The zero-order chi connectivity index (χ0) is 13.9. The number of rotatable bonds is 6. The number of carbonyl (C=O) groups is 1. The van der Waals surface area contributed by atoms with Crippen LogP contribution in [0.3, 0.4) is 0 Å². The van der Waals surface area contributed by atoms with E-state index in [9.17, 15) is 4.79 Å². The molecule has 1 aromatic heterocycles. The Morgan fingerprint density at radius 3 is 2.79 bits per heavy atom. The molecule has 0 bridgehead atoms. The van der Waals surface area contributed by atoms with Crippen molar-refractivity contribution in [2.45, 2.75) is 52.5 Å². The van der Waals surface area contributed by atoms with Crippen LogP contribution in [-0.2, 0) is 6.42 Å². The summed E-state index contributed by atoms with van der Waals surface area (Å²) in [4.78, 5) is 17.5. The lowest BCUT2D eigenvalue weighted by Crippen LogP contribution is -2.39. The van der Waals surface area contributed by atoms with Crippen LogP contribution < -0.4 is 10.6 Å². The van der Waals surface area contributed by atoms with E-state index in [1.165, 1.54) is 17.7 Å². The van der Waals surface area contributed by atoms with Gasteiger partial charge in [-0.2, -0.15) is 0 Å². The van der Waals surface area contributed by atoms with E-state index in [0.29, 0.717) is 5.41 Å². The SMILES string of the molecule is CCc1cnc([C@@H](C)NC(=O)NCC2(CC)CC2)s1. The molecule has 2 N–H and O–H groups in total. The van der Waals surface area contributed by atoms with Crippen LogP contribution in [-0.4, -0.2) is 17.6 Å². The molecule has 2 amide bonds. The summed E-state index contributed by atoms with van der Waals surface area (Å²) in [5.74, 6) is 0. The predicted molar refractivity (Wildman–Crippen MR) is 78.4 cm³/mol. The van der Waals surface area contributed by atoms with Gasteiger partial charge in [0.25, 0.3) is 0 Å². The van der Waals surface area contributed by atoms with Crippen molar-refractivity contribution < 1.29 is 4.79 Å². The Kier molecular flexibility index (Phi) is 4.45. The van der Waals surface area contributed by atoms with Crippen molar-refractivity contribution in [3.63, 3.8) is 0 Å². The highest BCUT2D eigenvalue weighted by Crippen LogP contribution is 2.47. The van der Waals surface area contributed by atoms with Crippen molar-refractivity contribution in [3.05, 3.63) is 16.1 Å². The van der Waals surface area contributed by atoms with E-state index >= 15 is 0 Å². The lowest BCUT2D eigenvalue weighted by Gasteiger charge is -2.16. The van der Waals surface area contributed by atoms with Gasteiger partial charge in [0.2, 0.25) is 0 Å². The highest BCUT2D eigenvalue weighted by molar-refractivity contribution is 7.11. The molecule has 0 radical (unpaired) electrons. The molecule has 1 aromatic rings. The summed E-state index contributed by atoms with van der Waals surface area (Å²) in [6.07, 6.45) is 6.52. The summed E-state index contributed by atoms with van der Waals surface area (Å²) < 4.78 is 0. The fourth-order valence-electron chi connectivity index (χ4n) is 2.10. The first-order valence-electron chi connectivity index (χ1n) is 7.07. The summed E-state index contributed by atoms with van der Waals surface area (Å²) in [5, 5.41) is 6.92. The van der Waals surface area contributed by atoms with Crippen molar-refractivity contribution in [3.8, 4) is 0 Å². The maximum Gasteiger partial charge on any atom is 0.315 e. The lowest BCUT2D eigenvalue weighted by molar-refractivity contribution is 0.235. The number of nitrogens with one attached hydrogen (secondary N) is 2. The first kappa shape index (κ1) is 14.3. The molecule has 1 aliphatic carbocycles. The molecule has 0 aliphatic heterocycles. The molecule has 1 aliphatic rings. The van der Waals surface area contributed by atoms with Crippen molar-refractivity contribution >= 4 is 17.4 Å². The molecule has 1 fully saturated rings. The Balaban J connectivity index is 1.78. The van der Waals surface area contributed by atoms with Crippen molar-refractivity contribution in [2.75, 3.05) is 6.54 Å². The summed E-state index contributed by atoms with van der Waals surface area (Å²) in [6.45, 7) is 7.07. The van der Waals surface area contributed by atoms with Gasteiger partial charge in [-0.1, -0.05) is 13.8 Å². The van der Waals surface area contributed by atoms with E-state index < -0.39 is 0 Å². The second kappa shape index (κ2) is 5.90. The van der Waals surface area contributed by atoms with E-state index in [1.807, 2.05) is 13.1 Å². The van der Waals surface area contributed by atoms with Gasteiger partial charge in [0.1, 0.15) is 5.01 Å². The average molecular weight is 281 g/mol. The quantitative estimate of drug-likeness (QED) is 0.841. The van der Waals surface area contributed by atoms with Crippen molar-refractivity contribution in [1.29, 1.82) is 0 Å². The molecule has 1 saturated carbocycles. The fourth-order valence-corrected chi connectivity index (χ4v) is 2.96. The maximum atomic E-state index is 11.8. The van der Waals surface area contributed by atoms with Crippen molar-refractivity contribution in [1.82, 2.24) is 15.6 Å². The molecule has 1 heterocycles. The van der Waals surface area contributed by atoms with Gasteiger partial charge in [0.15, 0.2) is 0 Å². The third kappa shape index (κ3) is 3.69. The Bertz CT molecular complexity index is 440. The van der Waals surface area contributed by atoms with Gasteiger partial charge in [-0.05, 0) is 38.0 Å². The van der Waals surface area contributed by atoms with Gasteiger partial charge in [-0.25, -0.2) is 9.78 Å². The topological polar surface area (TPSA) is 54.0 Å². The molecule has 0 saturated heterocycles. The van der Waals surface area contributed by atoms with E-state index in [1.54, 1.807) is 11.3 Å². The molecule has 106 valence electrons. The number of amides is 2. The average Bonchev–Trinajstić information content (AvgIpc) is 3.03. The summed E-state index contributed by atoms with van der Waals surface area (Å²) in [6, 6.07) is -0.109. The molecule has 0 unspecified atom stereocenters. The van der Waals surface area contributed by atoms with Crippen LogP contribution in [0.2, 0.25) is 0 Å². The number of nitrogens with zero attached hydrogens (tertiary/aromatic N) is 1. The Morgan fingerprint density at radius 1 is 1.53 bits per heavy atom.